The van der Waals surface area contributed by atoms with E-state index in [4.69, 9.17) is 33.2 Å². The van der Waals surface area contributed by atoms with E-state index in [1.54, 1.807) is 34.8 Å². The molecular formula is C38H70N2O12. The molecule has 3 rings (SSSR count). The van der Waals surface area contributed by atoms with Crippen molar-refractivity contribution in [3.05, 3.63) is 0 Å². The van der Waals surface area contributed by atoms with Crippen molar-refractivity contribution in [2.24, 2.45) is 34.7 Å². The molecule has 4 N–H and O–H groups in total. The fourth-order valence-corrected chi connectivity index (χ4v) is 8.73. The Morgan fingerprint density at radius 1 is 0.865 bits per heavy atom. The van der Waals surface area contributed by atoms with Gasteiger partial charge in [0.05, 0.1) is 53.4 Å². The van der Waals surface area contributed by atoms with Crippen LogP contribution in [0, 0.1) is 29.6 Å². The van der Waals surface area contributed by atoms with Gasteiger partial charge in [-0.1, -0.05) is 39.8 Å². The van der Waals surface area contributed by atoms with E-state index in [-0.39, 0.29) is 25.0 Å². The number of aliphatic hydroxyl groups excluding tert-OH is 3. The Kier molecular flexibility index (Phi) is 15.9. The first-order valence-electron chi connectivity index (χ1n) is 19.0. The zero-order chi connectivity index (χ0) is 39.5. The molecule has 0 spiro atoms. The molecule has 52 heavy (non-hydrogen) atoms. The molecule has 0 aromatic heterocycles. The second-order valence-electron chi connectivity index (χ2n) is 16.5. The molecule has 0 bridgehead atoms. The summed E-state index contributed by atoms with van der Waals surface area (Å²) < 4.78 is 44.4. The summed E-state index contributed by atoms with van der Waals surface area (Å²) in [7, 11) is 6.89. The average molecular weight is 747 g/mol. The Morgan fingerprint density at radius 2 is 1.48 bits per heavy atom. The van der Waals surface area contributed by atoms with Gasteiger partial charge in [0.25, 0.3) is 0 Å². The van der Waals surface area contributed by atoms with Crippen LogP contribution in [0.15, 0.2) is 5.16 Å². The molecule has 304 valence electrons. The Balaban J connectivity index is 2.22. The molecule has 3 aliphatic heterocycles. The zero-order valence-electron chi connectivity index (χ0n) is 34.0. The lowest BCUT2D eigenvalue weighted by Gasteiger charge is -2.49. The molecule has 0 unspecified atom stereocenters. The molecule has 3 saturated heterocycles. The van der Waals surface area contributed by atoms with Gasteiger partial charge in [0.15, 0.2) is 12.6 Å². The number of rotatable bonds is 8. The molecule has 18 atom stereocenters. The molecule has 14 nitrogen and oxygen atoms in total. The van der Waals surface area contributed by atoms with E-state index in [2.05, 4.69) is 5.16 Å². The Morgan fingerprint density at radius 3 is 2.02 bits per heavy atom. The summed E-state index contributed by atoms with van der Waals surface area (Å²) in [5.74, 6) is -3.54. The summed E-state index contributed by atoms with van der Waals surface area (Å²) in [4.78, 5) is 16.1. The first-order chi connectivity index (χ1) is 24.2. The second-order valence-corrected chi connectivity index (χ2v) is 16.5. The number of carbonyl (C=O) groups is 1. The summed E-state index contributed by atoms with van der Waals surface area (Å²) in [5, 5.41) is 48.2. The summed E-state index contributed by atoms with van der Waals surface area (Å²) in [5.41, 5.74) is -1.77. The normalized spacial score (nSPS) is 48.3. The molecular weight excluding hydrogens is 676 g/mol. The van der Waals surface area contributed by atoms with E-state index < -0.39 is 102 Å². The van der Waals surface area contributed by atoms with Crippen LogP contribution in [0.3, 0.4) is 0 Å². The molecule has 0 aromatic rings. The van der Waals surface area contributed by atoms with Gasteiger partial charge in [-0.25, -0.2) is 0 Å². The number of esters is 1. The first-order valence-corrected chi connectivity index (χ1v) is 19.0. The smallest absolute Gasteiger partial charge is 0.311 e. The SMILES string of the molecule is CC[C@H]1OC(=O)[C@H](C)[C@@H](O[C@H]2C[C@@](C)(OC)[C@@H](O)[C@H](C)O2)[C@H](C)[C@@H](O[C@@H]2O[C@H](C)C[C@H](N(C)C)[C@H]2O)[C@](C)(OC)C[C@@H](C)/C(=N/O)[C@H](C)[C@@H](O)[C@H]1C. The van der Waals surface area contributed by atoms with Crippen LogP contribution in [0.25, 0.3) is 0 Å². The lowest BCUT2D eigenvalue weighted by atomic mass is 9.74. The number of hydrogen-bond acceptors (Lipinski definition) is 14. The van der Waals surface area contributed by atoms with Crippen LogP contribution in [0.2, 0.25) is 0 Å². The fraction of sp³-hybridized carbons (Fsp3) is 0.947. The maximum absolute atomic E-state index is 14.2. The monoisotopic (exact) mass is 746 g/mol. The van der Waals surface area contributed by atoms with Crippen molar-refractivity contribution in [3.63, 3.8) is 0 Å². The number of oxime groups is 1. The van der Waals surface area contributed by atoms with Crippen molar-refractivity contribution in [1.82, 2.24) is 4.90 Å². The van der Waals surface area contributed by atoms with Crippen LogP contribution in [-0.2, 0) is 38.0 Å². The first kappa shape index (κ1) is 44.9. The average Bonchev–Trinajstić information content (AvgIpc) is 3.10. The van der Waals surface area contributed by atoms with Gasteiger partial charge in [-0.15, -0.1) is 0 Å². The summed E-state index contributed by atoms with van der Waals surface area (Å²) in [6.45, 7) is 18.4. The highest BCUT2D eigenvalue weighted by molar-refractivity contribution is 5.88. The number of hydrogen-bond donors (Lipinski definition) is 4. The minimum absolute atomic E-state index is 0.172. The van der Waals surface area contributed by atoms with Crippen molar-refractivity contribution in [1.29, 1.82) is 0 Å². The topological polar surface area (TPSA) is 178 Å². The zero-order valence-corrected chi connectivity index (χ0v) is 34.0. The third-order valence-corrected chi connectivity index (χ3v) is 12.4. The maximum atomic E-state index is 14.2. The van der Waals surface area contributed by atoms with Crippen LogP contribution in [0.1, 0.15) is 94.9 Å². The number of ether oxygens (including phenoxy) is 7. The highest BCUT2D eigenvalue weighted by atomic mass is 16.7. The molecule has 3 fully saturated rings. The number of methoxy groups -OCH3 is 2. The van der Waals surface area contributed by atoms with Gasteiger partial charge in [0, 0.05) is 50.4 Å². The molecule has 0 amide bonds. The highest BCUT2D eigenvalue weighted by Gasteiger charge is 2.52. The second kappa shape index (κ2) is 18.4. The van der Waals surface area contributed by atoms with Gasteiger partial charge in [0.2, 0.25) is 0 Å². The lowest BCUT2D eigenvalue weighted by molar-refractivity contribution is -0.319. The number of nitrogens with zero attached hydrogens (tertiary/aromatic N) is 2. The van der Waals surface area contributed by atoms with Gasteiger partial charge in [0.1, 0.15) is 18.3 Å². The largest absolute Gasteiger partial charge is 0.462 e. The standard InChI is InChI=1S/C38H70N2O12/c1-15-27-21(4)30(41)22(5)29(39-45)19(2)17-38(10,47-14)34(52-36-31(42)26(40(11)12)16-20(3)48-36)23(6)32(24(7)35(44)50-27)51-28-18-37(9,46-13)33(43)25(8)49-28/h19-28,30-34,36,41-43,45H,15-18H2,1-14H3/b39-29-/t19-,20-,21+,22+,23+,24-,25+,26+,27-,28+,30+,31-,32+,33+,34-,36+,37-,38-/m1/s1. The summed E-state index contributed by atoms with van der Waals surface area (Å²) >= 11 is 0. The summed E-state index contributed by atoms with van der Waals surface area (Å²) in [6.07, 6.45) is -6.74. The van der Waals surface area contributed by atoms with Crippen LogP contribution < -0.4 is 0 Å². The van der Waals surface area contributed by atoms with Gasteiger partial charge in [-0.3, -0.25) is 4.79 Å². The van der Waals surface area contributed by atoms with E-state index in [0.717, 1.165) is 0 Å². The van der Waals surface area contributed by atoms with Gasteiger partial charge < -0.3 is 58.6 Å². The quantitative estimate of drug-likeness (QED) is 0.161. The number of carbonyl (C=O) groups excluding carboxylic acids is 1. The van der Waals surface area contributed by atoms with E-state index in [9.17, 15) is 25.3 Å². The highest BCUT2D eigenvalue weighted by Crippen LogP contribution is 2.41. The van der Waals surface area contributed by atoms with E-state index >= 15 is 0 Å². The Labute approximate surface area is 311 Å². The van der Waals surface area contributed by atoms with Crippen molar-refractivity contribution in [2.45, 2.75) is 174 Å². The molecule has 14 heteroatoms. The van der Waals surface area contributed by atoms with E-state index in [1.807, 2.05) is 60.5 Å². The van der Waals surface area contributed by atoms with Gasteiger partial charge in [-0.05, 0) is 68.0 Å². The van der Waals surface area contributed by atoms with Crippen LogP contribution in [-0.4, -0.2) is 144 Å². The molecule has 0 radical (unpaired) electrons. The van der Waals surface area contributed by atoms with Crippen LogP contribution in [0.5, 0.6) is 0 Å². The molecule has 0 aromatic carbocycles. The molecule has 0 saturated carbocycles. The van der Waals surface area contributed by atoms with Gasteiger partial charge >= 0.3 is 5.97 Å². The van der Waals surface area contributed by atoms with Gasteiger partial charge in [-0.2, -0.15) is 0 Å². The van der Waals surface area contributed by atoms with Crippen molar-refractivity contribution in [3.8, 4) is 0 Å². The fourth-order valence-electron chi connectivity index (χ4n) is 8.73. The number of cyclic esters (lactones) is 1. The molecule has 3 heterocycles. The number of aliphatic hydroxyl groups is 3. The summed E-state index contributed by atoms with van der Waals surface area (Å²) in [6, 6.07) is -0.255. The third-order valence-electron chi connectivity index (χ3n) is 12.4. The van der Waals surface area contributed by atoms with Crippen molar-refractivity contribution in [2.75, 3.05) is 28.3 Å². The van der Waals surface area contributed by atoms with Crippen molar-refractivity contribution < 1.29 is 58.5 Å². The Bertz CT molecular complexity index is 1180. The predicted molar refractivity (Wildman–Crippen MR) is 194 cm³/mol. The maximum Gasteiger partial charge on any atom is 0.311 e. The van der Waals surface area contributed by atoms with Crippen LogP contribution >= 0.6 is 0 Å². The van der Waals surface area contributed by atoms with E-state index in [0.29, 0.717) is 18.6 Å². The number of likely N-dealkylation sites (N-methyl/N-ethyl adjacent to an activating group) is 1. The minimum Gasteiger partial charge on any atom is -0.462 e. The predicted octanol–water partition coefficient (Wildman–Crippen LogP) is 3.59. The lowest BCUT2D eigenvalue weighted by Crippen LogP contribution is -2.61. The Hall–Kier alpha value is -1.46. The molecule has 0 aliphatic carbocycles. The van der Waals surface area contributed by atoms with Crippen LogP contribution in [0.4, 0.5) is 0 Å². The molecule has 3 aliphatic rings. The minimum atomic E-state index is -1.15. The van der Waals surface area contributed by atoms with E-state index in [1.165, 1.54) is 7.11 Å². The van der Waals surface area contributed by atoms with Crippen molar-refractivity contribution >= 4 is 11.7 Å². The third kappa shape index (κ3) is 9.66.